The summed E-state index contributed by atoms with van der Waals surface area (Å²) in [7, 11) is 1.40. The Bertz CT molecular complexity index is 1140. The molecule has 160 valence electrons. The first-order chi connectivity index (χ1) is 14.9. The van der Waals surface area contributed by atoms with Gasteiger partial charge in [-0.05, 0) is 42.0 Å². The van der Waals surface area contributed by atoms with Gasteiger partial charge >= 0.3 is 5.69 Å². The molecular formula is C21H16Cl3N3O4. The lowest BCUT2D eigenvalue weighted by atomic mass is 10.1. The lowest BCUT2D eigenvalue weighted by Gasteiger charge is -2.12. The molecule has 3 aromatic rings. The number of hydrazone groups is 1. The first-order valence-corrected chi connectivity index (χ1v) is 9.98. The molecule has 0 aliphatic rings. The van der Waals surface area contributed by atoms with Crippen LogP contribution in [0.4, 0.5) is 11.4 Å². The molecule has 3 rings (SSSR count). The molecule has 3 aromatic carbocycles. The van der Waals surface area contributed by atoms with E-state index in [1.54, 1.807) is 48.5 Å². The Kier molecular flexibility index (Phi) is 7.57. The van der Waals surface area contributed by atoms with Crippen LogP contribution in [0, 0.1) is 10.1 Å². The second kappa shape index (κ2) is 10.3. The second-order valence-corrected chi connectivity index (χ2v) is 7.50. The van der Waals surface area contributed by atoms with Crippen LogP contribution < -0.4 is 14.9 Å². The molecule has 0 fully saturated rings. The van der Waals surface area contributed by atoms with Crippen molar-refractivity contribution in [1.82, 2.24) is 0 Å². The Morgan fingerprint density at radius 3 is 2.58 bits per heavy atom. The molecule has 31 heavy (non-hydrogen) atoms. The van der Waals surface area contributed by atoms with Gasteiger partial charge in [0.1, 0.15) is 6.61 Å². The van der Waals surface area contributed by atoms with E-state index >= 15 is 0 Å². The lowest BCUT2D eigenvalue weighted by Crippen LogP contribution is -2.03. The van der Waals surface area contributed by atoms with Crippen LogP contribution in [0.25, 0.3) is 0 Å². The zero-order chi connectivity index (χ0) is 22.4. The number of benzene rings is 3. The lowest BCUT2D eigenvalue weighted by molar-refractivity contribution is -0.386. The number of nitrogens with zero attached hydrogens (tertiary/aromatic N) is 2. The van der Waals surface area contributed by atoms with Crippen LogP contribution in [-0.4, -0.2) is 18.2 Å². The summed E-state index contributed by atoms with van der Waals surface area (Å²) < 4.78 is 11.0. The van der Waals surface area contributed by atoms with Crippen molar-refractivity contribution in [1.29, 1.82) is 0 Å². The van der Waals surface area contributed by atoms with Crippen molar-refractivity contribution in [2.45, 2.75) is 6.61 Å². The van der Waals surface area contributed by atoms with Crippen LogP contribution in [0.15, 0.2) is 59.7 Å². The van der Waals surface area contributed by atoms with E-state index in [0.717, 1.165) is 5.56 Å². The van der Waals surface area contributed by atoms with Gasteiger partial charge in [-0.3, -0.25) is 15.5 Å². The maximum atomic E-state index is 11.6. The van der Waals surface area contributed by atoms with Crippen LogP contribution in [0.5, 0.6) is 11.5 Å². The fraction of sp³-hybridized carbons (Fsp3) is 0.0952. The zero-order valence-corrected chi connectivity index (χ0v) is 18.4. The molecule has 0 amide bonds. The van der Waals surface area contributed by atoms with Crippen molar-refractivity contribution in [3.63, 3.8) is 0 Å². The van der Waals surface area contributed by atoms with Gasteiger partial charge in [0.25, 0.3) is 0 Å². The summed E-state index contributed by atoms with van der Waals surface area (Å²) in [6.07, 6.45) is 1.42. The molecule has 7 nitrogen and oxygen atoms in total. The van der Waals surface area contributed by atoms with E-state index in [-0.39, 0.29) is 23.8 Å². The summed E-state index contributed by atoms with van der Waals surface area (Å²) in [5, 5.41) is 17.1. The Hall–Kier alpha value is -3.00. The molecule has 0 atom stereocenters. The number of halogens is 3. The van der Waals surface area contributed by atoms with Gasteiger partial charge in [-0.15, -0.1) is 0 Å². The summed E-state index contributed by atoms with van der Waals surface area (Å²) in [5.74, 6) is 0.217. The minimum Gasteiger partial charge on any atom is -0.493 e. The van der Waals surface area contributed by atoms with Gasteiger partial charge in [0, 0.05) is 16.7 Å². The molecule has 0 heterocycles. The number of nitro groups is 1. The topological polar surface area (TPSA) is 86.0 Å². The highest BCUT2D eigenvalue weighted by molar-refractivity contribution is 6.42. The van der Waals surface area contributed by atoms with Gasteiger partial charge in [0.15, 0.2) is 5.75 Å². The fourth-order valence-corrected chi connectivity index (χ4v) is 3.16. The largest absolute Gasteiger partial charge is 0.493 e. The van der Waals surface area contributed by atoms with E-state index in [0.29, 0.717) is 26.3 Å². The number of hydrogen-bond donors (Lipinski definition) is 1. The molecule has 0 saturated carbocycles. The van der Waals surface area contributed by atoms with E-state index in [4.69, 9.17) is 44.3 Å². The molecule has 0 radical (unpaired) electrons. The predicted molar refractivity (Wildman–Crippen MR) is 123 cm³/mol. The zero-order valence-electron chi connectivity index (χ0n) is 16.1. The van der Waals surface area contributed by atoms with Crippen LogP contribution in [0.2, 0.25) is 15.1 Å². The molecule has 0 aromatic heterocycles. The number of nitro benzene ring substituents is 1. The maximum Gasteiger partial charge on any atom is 0.315 e. The monoisotopic (exact) mass is 479 g/mol. The highest BCUT2D eigenvalue weighted by Crippen LogP contribution is 2.38. The number of ether oxygens (including phenoxy) is 2. The number of hydrogen-bond acceptors (Lipinski definition) is 6. The quantitative estimate of drug-likeness (QED) is 0.223. The second-order valence-electron chi connectivity index (χ2n) is 6.25. The Balaban J connectivity index is 1.83. The molecule has 0 spiro atoms. The van der Waals surface area contributed by atoms with Crippen molar-refractivity contribution in [3.8, 4) is 11.5 Å². The highest BCUT2D eigenvalue weighted by Gasteiger charge is 2.22. The number of rotatable bonds is 8. The van der Waals surface area contributed by atoms with Gasteiger partial charge < -0.3 is 9.47 Å². The van der Waals surface area contributed by atoms with E-state index in [9.17, 15) is 10.1 Å². The van der Waals surface area contributed by atoms with Crippen molar-refractivity contribution in [3.05, 3.63) is 90.9 Å². The van der Waals surface area contributed by atoms with Crippen molar-refractivity contribution < 1.29 is 14.4 Å². The Morgan fingerprint density at radius 1 is 1.10 bits per heavy atom. The van der Waals surface area contributed by atoms with Gasteiger partial charge in [0.2, 0.25) is 5.75 Å². The van der Waals surface area contributed by atoms with Gasteiger partial charge in [0.05, 0.1) is 34.0 Å². The summed E-state index contributed by atoms with van der Waals surface area (Å²) in [6, 6.07) is 14.9. The summed E-state index contributed by atoms with van der Waals surface area (Å²) in [6.45, 7) is 0.0874. The first-order valence-electron chi connectivity index (χ1n) is 8.85. The summed E-state index contributed by atoms with van der Waals surface area (Å²) in [5.41, 5.74) is 4.34. The molecular weight excluding hydrogens is 465 g/mol. The summed E-state index contributed by atoms with van der Waals surface area (Å²) >= 11 is 17.8. The summed E-state index contributed by atoms with van der Waals surface area (Å²) in [4.78, 5) is 11.1. The third-order valence-corrected chi connectivity index (χ3v) is 5.05. The number of nitrogens with one attached hydrogen (secondary N) is 1. The molecule has 0 unspecified atom stereocenters. The number of anilines is 1. The van der Waals surface area contributed by atoms with Crippen molar-refractivity contribution in [2.75, 3.05) is 12.5 Å². The number of methoxy groups -OCH3 is 1. The molecule has 0 aliphatic carbocycles. The average Bonchev–Trinajstić information content (AvgIpc) is 2.74. The average molecular weight is 481 g/mol. The molecule has 10 heteroatoms. The standard InChI is InChI=1S/C21H16Cl3N3O4/c1-30-20-9-14(11-25-26-16-5-6-17(23)18(24)10-16)8-19(27(28)29)21(20)31-12-13-3-2-4-15(22)7-13/h2-11,26H,12H2,1H3. The van der Waals surface area contributed by atoms with E-state index in [1.165, 1.54) is 19.4 Å². The van der Waals surface area contributed by atoms with Crippen LogP contribution in [0.3, 0.4) is 0 Å². The van der Waals surface area contributed by atoms with Gasteiger partial charge in [-0.1, -0.05) is 46.9 Å². The van der Waals surface area contributed by atoms with Crippen LogP contribution in [0.1, 0.15) is 11.1 Å². The molecule has 1 N–H and O–H groups in total. The van der Waals surface area contributed by atoms with E-state index in [2.05, 4.69) is 10.5 Å². The fourth-order valence-electron chi connectivity index (χ4n) is 2.64. The van der Waals surface area contributed by atoms with Crippen molar-refractivity contribution >= 4 is 52.4 Å². The third-order valence-electron chi connectivity index (χ3n) is 4.07. The normalized spacial score (nSPS) is 10.8. The van der Waals surface area contributed by atoms with E-state index in [1.807, 2.05) is 0 Å². The molecule has 0 aliphatic heterocycles. The highest BCUT2D eigenvalue weighted by atomic mass is 35.5. The van der Waals surface area contributed by atoms with Crippen LogP contribution >= 0.6 is 34.8 Å². The Labute approximate surface area is 193 Å². The van der Waals surface area contributed by atoms with Gasteiger partial charge in [-0.2, -0.15) is 5.10 Å². The van der Waals surface area contributed by atoms with Crippen LogP contribution in [-0.2, 0) is 6.61 Å². The SMILES string of the molecule is COc1cc(C=NNc2ccc(Cl)c(Cl)c2)cc([N+](=O)[O-])c1OCc1cccc(Cl)c1. The molecule has 0 saturated heterocycles. The first kappa shape index (κ1) is 22.7. The Morgan fingerprint density at radius 2 is 1.90 bits per heavy atom. The minimum atomic E-state index is -0.542. The maximum absolute atomic E-state index is 11.6. The minimum absolute atomic E-state index is 0.0158. The van der Waals surface area contributed by atoms with Crippen molar-refractivity contribution in [2.24, 2.45) is 5.10 Å². The predicted octanol–water partition coefficient (Wildman–Crippen LogP) is 6.59. The molecule has 0 bridgehead atoms. The van der Waals surface area contributed by atoms with Gasteiger partial charge in [-0.25, -0.2) is 0 Å². The smallest absolute Gasteiger partial charge is 0.315 e. The van der Waals surface area contributed by atoms with E-state index < -0.39 is 4.92 Å². The third kappa shape index (κ3) is 6.01.